The van der Waals surface area contributed by atoms with Gasteiger partial charge in [0.2, 0.25) is 10.0 Å². The third kappa shape index (κ3) is 11.4. The summed E-state index contributed by atoms with van der Waals surface area (Å²) in [6.07, 6.45) is 3.61. The van der Waals surface area contributed by atoms with Crippen molar-refractivity contribution < 1.29 is 8.42 Å². The molecule has 0 aliphatic carbocycles. The van der Waals surface area contributed by atoms with Crippen LogP contribution in [0.5, 0.6) is 0 Å². The van der Waals surface area contributed by atoms with Crippen LogP contribution < -0.4 is 10.0 Å². The topological polar surface area (TPSA) is 58.2 Å². The lowest BCUT2D eigenvalue weighted by atomic mass is 10.0. The minimum atomic E-state index is -3.11. The van der Waals surface area contributed by atoms with E-state index in [4.69, 9.17) is 0 Å². The van der Waals surface area contributed by atoms with Crippen LogP contribution in [-0.2, 0) is 10.0 Å². The van der Waals surface area contributed by atoms with Crippen LogP contribution in [0.2, 0.25) is 0 Å². The third-order valence-electron chi connectivity index (χ3n) is 3.23. The number of hydrogen-bond acceptors (Lipinski definition) is 3. The molecule has 4 nitrogen and oxygen atoms in total. The van der Waals surface area contributed by atoms with Gasteiger partial charge in [0.1, 0.15) is 0 Å². The maximum Gasteiger partial charge on any atom is 0.211 e. The van der Waals surface area contributed by atoms with Crippen molar-refractivity contribution in [3.05, 3.63) is 0 Å². The first-order chi connectivity index (χ1) is 8.76. The zero-order chi connectivity index (χ0) is 14.9. The molecule has 0 aliphatic rings. The van der Waals surface area contributed by atoms with Crippen molar-refractivity contribution in [3.8, 4) is 0 Å². The molecule has 0 saturated carbocycles. The summed E-state index contributed by atoms with van der Waals surface area (Å²) in [5, 5.41) is 3.29. The van der Waals surface area contributed by atoms with Gasteiger partial charge in [-0.05, 0) is 38.6 Å². The highest BCUT2D eigenvalue weighted by atomic mass is 32.2. The van der Waals surface area contributed by atoms with Crippen molar-refractivity contribution in [2.45, 2.75) is 72.4 Å². The van der Waals surface area contributed by atoms with Crippen LogP contribution in [0, 0.1) is 5.92 Å². The van der Waals surface area contributed by atoms with E-state index < -0.39 is 10.0 Å². The zero-order valence-electron chi connectivity index (χ0n) is 13.2. The molecule has 0 heterocycles. The molecule has 0 rings (SSSR count). The highest BCUT2D eigenvalue weighted by Crippen LogP contribution is 2.10. The standard InChI is InChI=1S/C14H32N2O2S/c1-6-13(4)11-14(5)16-19(17,18)10-8-7-9-15-12(2)3/h12-16H,6-11H2,1-5H3. The second-order valence-corrected chi connectivity index (χ2v) is 7.78. The summed E-state index contributed by atoms with van der Waals surface area (Å²) in [5.74, 6) is 0.797. The van der Waals surface area contributed by atoms with Gasteiger partial charge >= 0.3 is 0 Å². The number of hydrogen-bond donors (Lipinski definition) is 2. The van der Waals surface area contributed by atoms with E-state index in [2.05, 4.69) is 37.7 Å². The molecule has 0 bridgehead atoms. The first kappa shape index (κ1) is 18.9. The number of nitrogens with one attached hydrogen (secondary N) is 2. The molecule has 0 spiro atoms. The van der Waals surface area contributed by atoms with E-state index in [0.29, 0.717) is 18.4 Å². The van der Waals surface area contributed by atoms with Gasteiger partial charge in [0, 0.05) is 12.1 Å². The first-order valence-corrected chi connectivity index (χ1v) is 9.15. The fraction of sp³-hybridized carbons (Fsp3) is 1.00. The van der Waals surface area contributed by atoms with E-state index >= 15 is 0 Å². The Labute approximate surface area is 119 Å². The second kappa shape index (κ2) is 9.72. The molecule has 0 saturated heterocycles. The predicted molar refractivity (Wildman–Crippen MR) is 82.8 cm³/mol. The van der Waals surface area contributed by atoms with Gasteiger partial charge in [-0.25, -0.2) is 13.1 Å². The summed E-state index contributed by atoms with van der Waals surface area (Å²) < 4.78 is 26.5. The maximum absolute atomic E-state index is 11.9. The Hall–Kier alpha value is -0.130. The van der Waals surface area contributed by atoms with Crippen molar-refractivity contribution in [1.29, 1.82) is 0 Å². The Morgan fingerprint density at radius 2 is 1.68 bits per heavy atom. The van der Waals surface area contributed by atoms with Gasteiger partial charge in [0.25, 0.3) is 0 Å². The molecule has 0 aliphatic heterocycles. The summed E-state index contributed by atoms with van der Waals surface area (Å²) in [4.78, 5) is 0. The van der Waals surface area contributed by atoms with E-state index in [9.17, 15) is 8.42 Å². The van der Waals surface area contributed by atoms with Gasteiger partial charge in [0.05, 0.1) is 5.75 Å². The predicted octanol–water partition coefficient (Wildman–Crippen LogP) is 2.51. The number of unbranched alkanes of at least 4 members (excludes halogenated alkanes) is 1. The van der Waals surface area contributed by atoms with Crippen LogP contribution in [0.25, 0.3) is 0 Å². The van der Waals surface area contributed by atoms with Crippen molar-refractivity contribution >= 4 is 10.0 Å². The van der Waals surface area contributed by atoms with Crippen LogP contribution >= 0.6 is 0 Å². The molecule has 5 heteroatoms. The molecule has 0 radical (unpaired) electrons. The van der Waals surface area contributed by atoms with Crippen LogP contribution in [0.4, 0.5) is 0 Å². The minimum absolute atomic E-state index is 0.0359. The quantitative estimate of drug-likeness (QED) is 0.575. The molecule has 2 atom stereocenters. The zero-order valence-corrected chi connectivity index (χ0v) is 14.0. The fourth-order valence-electron chi connectivity index (χ4n) is 1.99. The molecular formula is C14H32N2O2S. The maximum atomic E-state index is 11.9. The van der Waals surface area contributed by atoms with Crippen molar-refractivity contribution in [1.82, 2.24) is 10.0 Å². The van der Waals surface area contributed by atoms with Crippen LogP contribution in [0.1, 0.15) is 60.3 Å². The lowest BCUT2D eigenvalue weighted by Crippen LogP contribution is -2.35. The smallest absolute Gasteiger partial charge is 0.211 e. The largest absolute Gasteiger partial charge is 0.315 e. The molecule has 0 fully saturated rings. The fourth-order valence-corrected chi connectivity index (χ4v) is 3.40. The summed E-state index contributed by atoms with van der Waals surface area (Å²) >= 11 is 0. The normalized spacial score (nSPS) is 15.7. The Bertz CT molecular complexity index is 315. The van der Waals surface area contributed by atoms with Gasteiger partial charge < -0.3 is 5.32 Å². The van der Waals surface area contributed by atoms with Crippen molar-refractivity contribution in [2.75, 3.05) is 12.3 Å². The SMILES string of the molecule is CCC(C)CC(C)NS(=O)(=O)CCCCNC(C)C. The molecule has 2 unspecified atom stereocenters. The van der Waals surface area contributed by atoms with E-state index in [-0.39, 0.29) is 11.8 Å². The summed E-state index contributed by atoms with van der Waals surface area (Å²) in [6, 6.07) is 0.499. The van der Waals surface area contributed by atoms with E-state index in [1.807, 2.05) is 6.92 Å². The van der Waals surface area contributed by atoms with Gasteiger partial charge in [-0.1, -0.05) is 34.1 Å². The molecule has 2 N–H and O–H groups in total. The van der Waals surface area contributed by atoms with Gasteiger partial charge in [0.15, 0.2) is 0 Å². The average molecular weight is 292 g/mol. The van der Waals surface area contributed by atoms with Crippen LogP contribution in [-0.4, -0.2) is 32.8 Å². The summed E-state index contributed by atoms with van der Waals surface area (Å²) in [6.45, 7) is 11.3. The van der Waals surface area contributed by atoms with Gasteiger partial charge in [-0.2, -0.15) is 0 Å². The number of sulfonamides is 1. The Kier molecular flexibility index (Phi) is 9.66. The molecule has 0 aromatic carbocycles. The monoisotopic (exact) mass is 292 g/mol. The summed E-state index contributed by atoms with van der Waals surface area (Å²) in [5.41, 5.74) is 0. The molecule has 0 aromatic rings. The van der Waals surface area contributed by atoms with Crippen molar-refractivity contribution in [3.63, 3.8) is 0 Å². The van der Waals surface area contributed by atoms with Gasteiger partial charge in [-0.15, -0.1) is 0 Å². The highest BCUT2D eigenvalue weighted by molar-refractivity contribution is 7.89. The van der Waals surface area contributed by atoms with E-state index in [1.54, 1.807) is 0 Å². The van der Waals surface area contributed by atoms with Crippen LogP contribution in [0.15, 0.2) is 0 Å². The third-order valence-corrected chi connectivity index (χ3v) is 4.81. The van der Waals surface area contributed by atoms with Crippen LogP contribution in [0.3, 0.4) is 0 Å². The Morgan fingerprint density at radius 3 is 2.21 bits per heavy atom. The van der Waals surface area contributed by atoms with Gasteiger partial charge in [-0.3, -0.25) is 0 Å². The minimum Gasteiger partial charge on any atom is -0.315 e. The lowest BCUT2D eigenvalue weighted by molar-refractivity contribution is 0.445. The number of rotatable bonds is 11. The Balaban J connectivity index is 3.85. The lowest BCUT2D eigenvalue weighted by Gasteiger charge is -2.17. The molecule has 116 valence electrons. The second-order valence-electron chi connectivity index (χ2n) is 5.90. The van der Waals surface area contributed by atoms with Crippen molar-refractivity contribution in [2.24, 2.45) is 5.92 Å². The molecule has 0 amide bonds. The Morgan fingerprint density at radius 1 is 1.05 bits per heavy atom. The molecule has 19 heavy (non-hydrogen) atoms. The first-order valence-electron chi connectivity index (χ1n) is 7.50. The highest BCUT2D eigenvalue weighted by Gasteiger charge is 2.15. The van der Waals surface area contributed by atoms with E-state index in [1.165, 1.54) is 0 Å². The average Bonchev–Trinajstić information content (AvgIpc) is 2.26. The molecule has 0 aromatic heterocycles. The van der Waals surface area contributed by atoms with E-state index in [0.717, 1.165) is 25.8 Å². The molecular weight excluding hydrogens is 260 g/mol. The summed E-state index contributed by atoms with van der Waals surface area (Å²) in [7, 11) is -3.11.